The number of rotatable bonds is 1. The average Bonchev–Trinajstić information content (AvgIpc) is 2.14. The molecule has 0 bridgehead atoms. The highest BCUT2D eigenvalue weighted by atomic mass is 32.2. The van der Waals surface area contributed by atoms with Crippen LogP contribution in [0.3, 0.4) is 0 Å². The lowest BCUT2D eigenvalue weighted by atomic mass is 10.7. The first-order valence-electron chi connectivity index (χ1n) is 2.43. The van der Waals surface area contributed by atoms with E-state index < -0.39 is 0 Å². The van der Waals surface area contributed by atoms with Crippen LogP contribution in [-0.4, -0.2) is 24.8 Å². The van der Waals surface area contributed by atoms with E-state index in [1.165, 1.54) is 0 Å². The van der Waals surface area contributed by atoms with Crippen LogP contribution < -0.4 is 10.6 Å². The van der Waals surface area contributed by atoms with Crippen LogP contribution in [0.15, 0.2) is 0 Å². The summed E-state index contributed by atoms with van der Waals surface area (Å²) in [7, 11) is 0. The Balaban J connectivity index is 2.14. The highest BCUT2D eigenvalue weighted by molar-refractivity contribution is 7.99. The third-order valence-electron chi connectivity index (χ3n) is 1.02. The molecule has 0 unspecified atom stereocenters. The molecule has 1 rings (SSSR count). The van der Waals surface area contributed by atoms with Gasteiger partial charge in [0.2, 0.25) is 0 Å². The summed E-state index contributed by atoms with van der Waals surface area (Å²) in [4.78, 5) is 0. The Hall–Kier alpha value is 0.270. The monoisotopic (exact) mass is 118 g/mol. The van der Waals surface area contributed by atoms with Crippen LogP contribution in [-0.2, 0) is 0 Å². The summed E-state index contributed by atoms with van der Waals surface area (Å²) in [5, 5.41) is 6.52. The van der Waals surface area contributed by atoms with Gasteiger partial charge in [-0.15, -0.1) is 11.8 Å². The maximum absolute atomic E-state index is 3.26. The van der Waals surface area contributed by atoms with E-state index in [0.717, 1.165) is 13.1 Å². The minimum Gasteiger partial charge on any atom is -0.292 e. The number of nitrogens with one attached hydrogen (secondary N) is 2. The molecule has 1 aliphatic heterocycles. The summed E-state index contributed by atoms with van der Waals surface area (Å²) in [6.07, 6.45) is 2.09. The van der Waals surface area contributed by atoms with Gasteiger partial charge in [0.05, 0.1) is 0 Å². The standard InChI is InChI=1S/C4H10N2S/c1-7-4-5-2-3-6-4/h4-6H,2-3H2,1H3. The van der Waals surface area contributed by atoms with Crippen LogP contribution in [0.4, 0.5) is 0 Å². The molecule has 0 spiro atoms. The van der Waals surface area contributed by atoms with Gasteiger partial charge in [-0.3, -0.25) is 10.6 Å². The van der Waals surface area contributed by atoms with E-state index in [-0.39, 0.29) is 0 Å². The van der Waals surface area contributed by atoms with Gasteiger partial charge < -0.3 is 0 Å². The summed E-state index contributed by atoms with van der Waals surface area (Å²) < 4.78 is 0. The minimum absolute atomic E-state index is 0.514. The fourth-order valence-corrected chi connectivity index (χ4v) is 1.21. The largest absolute Gasteiger partial charge is 0.292 e. The summed E-state index contributed by atoms with van der Waals surface area (Å²) in [6, 6.07) is 0. The van der Waals surface area contributed by atoms with Crippen molar-refractivity contribution >= 4 is 11.8 Å². The van der Waals surface area contributed by atoms with Crippen LogP contribution in [0, 0.1) is 0 Å². The molecule has 0 aromatic rings. The fraction of sp³-hybridized carbons (Fsp3) is 1.00. The molecule has 0 saturated carbocycles. The lowest BCUT2D eigenvalue weighted by Gasteiger charge is -2.03. The Bertz CT molecular complexity index is 51.7. The Labute approximate surface area is 48.1 Å². The Morgan fingerprint density at radius 1 is 1.43 bits per heavy atom. The zero-order chi connectivity index (χ0) is 5.11. The topological polar surface area (TPSA) is 24.1 Å². The van der Waals surface area contributed by atoms with Crippen molar-refractivity contribution in [2.75, 3.05) is 19.3 Å². The Morgan fingerprint density at radius 3 is 2.29 bits per heavy atom. The zero-order valence-corrected chi connectivity index (χ0v) is 5.22. The average molecular weight is 118 g/mol. The molecular weight excluding hydrogens is 108 g/mol. The molecule has 0 amide bonds. The van der Waals surface area contributed by atoms with Gasteiger partial charge in [0, 0.05) is 13.1 Å². The summed E-state index contributed by atoms with van der Waals surface area (Å²) >= 11 is 1.81. The van der Waals surface area contributed by atoms with E-state index in [1.807, 2.05) is 11.8 Å². The quantitative estimate of drug-likeness (QED) is 0.499. The normalized spacial score (nSPS) is 23.6. The van der Waals surface area contributed by atoms with Gasteiger partial charge in [0.25, 0.3) is 0 Å². The second-order valence-electron chi connectivity index (χ2n) is 1.52. The molecule has 0 aliphatic carbocycles. The van der Waals surface area contributed by atoms with Crippen molar-refractivity contribution < 1.29 is 0 Å². The molecule has 3 heteroatoms. The molecular formula is C4H10N2S. The van der Waals surface area contributed by atoms with E-state index in [9.17, 15) is 0 Å². The molecule has 0 atom stereocenters. The van der Waals surface area contributed by atoms with Crippen LogP contribution in [0.25, 0.3) is 0 Å². The minimum atomic E-state index is 0.514. The second-order valence-corrected chi connectivity index (χ2v) is 2.47. The SMILES string of the molecule is CSC1NCCN1. The van der Waals surface area contributed by atoms with E-state index >= 15 is 0 Å². The third kappa shape index (κ3) is 1.33. The number of thioether (sulfide) groups is 1. The smallest absolute Gasteiger partial charge is 0.105 e. The molecule has 2 N–H and O–H groups in total. The molecule has 1 aliphatic rings. The highest BCUT2D eigenvalue weighted by Crippen LogP contribution is 2.00. The first-order chi connectivity index (χ1) is 3.43. The molecule has 0 aromatic heterocycles. The Morgan fingerprint density at radius 2 is 2.00 bits per heavy atom. The summed E-state index contributed by atoms with van der Waals surface area (Å²) in [5.74, 6) is 0. The second kappa shape index (κ2) is 2.55. The molecule has 1 saturated heterocycles. The lowest BCUT2D eigenvalue weighted by Crippen LogP contribution is -2.26. The summed E-state index contributed by atoms with van der Waals surface area (Å²) in [5.41, 5.74) is 0.514. The van der Waals surface area contributed by atoms with Crippen molar-refractivity contribution in [3.05, 3.63) is 0 Å². The predicted molar refractivity (Wildman–Crippen MR) is 33.3 cm³/mol. The number of hydrogen-bond donors (Lipinski definition) is 2. The van der Waals surface area contributed by atoms with Crippen molar-refractivity contribution in [3.8, 4) is 0 Å². The molecule has 1 heterocycles. The van der Waals surface area contributed by atoms with Crippen LogP contribution in [0.1, 0.15) is 0 Å². The molecule has 42 valence electrons. The maximum Gasteiger partial charge on any atom is 0.105 e. The van der Waals surface area contributed by atoms with Gasteiger partial charge in [0.15, 0.2) is 0 Å². The van der Waals surface area contributed by atoms with E-state index in [2.05, 4.69) is 16.9 Å². The highest BCUT2D eigenvalue weighted by Gasteiger charge is 2.08. The van der Waals surface area contributed by atoms with Crippen molar-refractivity contribution in [1.82, 2.24) is 10.6 Å². The van der Waals surface area contributed by atoms with Gasteiger partial charge >= 0.3 is 0 Å². The van der Waals surface area contributed by atoms with Crippen LogP contribution in [0.2, 0.25) is 0 Å². The van der Waals surface area contributed by atoms with E-state index in [4.69, 9.17) is 0 Å². The Kier molecular flexibility index (Phi) is 1.97. The van der Waals surface area contributed by atoms with E-state index in [0.29, 0.717) is 5.50 Å². The van der Waals surface area contributed by atoms with E-state index in [1.54, 1.807) is 0 Å². The van der Waals surface area contributed by atoms with Gasteiger partial charge in [-0.25, -0.2) is 0 Å². The van der Waals surface area contributed by atoms with Crippen LogP contribution in [0.5, 0.6) is 0 Å². The molecule has 7 heavy (non-hydrogen) atoms. The van der Waals surface area contributed by atoms with Crippen molar-refractivity contribution in [2.24, 2.45) is 0 Å². The zero-order valence-electron chi connectivity index (χ0n) is 4.40. The van der Waals surface area contributed by atoms with Crippen LogP contribution >= 0.6 is 11.8 Å². The fourth-order valence-electron chi connectivity index (χ4n) is 0.645. The maximum atomic E-state index is 3.26. The van der Waals surface area contributed by atoms with Gasteiger partial charge in [-0.05, 0) is 6.26 Å². The van der Waals surface area contributed by atoms with Gasteiger partial charge in [-0.1, -0.05) is 0 Å². The summed E-state index contributed by atoms with van der Waals surface area (Å²) in [6.45, 7) is 2.23. The lowest BCUT2D eigenvalue weighted by molar-refractivity contribution is 0.747. The van der Waals surface area contributed by atoms with Crippen molar-refractivity contribution in [2.45, 2.75) is 5.50 Å². The third-order valence-corrected chi connectivity index (χ3v) is 1.82. The molecule has 0 aromatic carbocycles. The molecule has 1 fully saturated rings. The van der Waals surface area contributed by atoms with Gasteiger partial charge in [0.1, 0.15) is 5.50 Å². The first-order valence-corrected chi connectivity index (χ1v) is 3.72. The van der Waals surface area contributed by atoms with Gasteiger partial charge in [-0.2, -0.15) is 0 Å². The van der Waals surface area contributed by atoms with Crippen molar-refractivity contribution in [1.29, 1.82) is 0 Å². The molecule has 0 radical (unpaired) electrons. The van der Waals surface area contributed by atoms with Crippen molar-refractivity contribution in [3.63, 3.8) is 0 Å². The number of hydrogen-bond acceptors (Lipinski definition) is 3. The predicted octanol–water partition coefficient (Wildman–Crippen LogP) is -0.174. The first kappa shape index (κ1) is 5.41. The molecule has 2 nitrogen and oxygen atoms in total.